The van der Waals surface area contributed by atoms with Gasteiger partial charge in [0.05, 0.1) is 6.61 Å². The quantitative estimate of drug-likeness (QED) is 0.631. The molecule has 2 nitrogen and oxygen atoms in total. The van der Waals surface area contributed by atoms with Crippen molar-refractivity contribution in [3.8, 4) is 17.6 Å². The summed E-state index contributed by atoms with van der Waals surface area (Å²) in [5, 5.41) is 0. The highest BCUT2D eigenvalue weighted by Crippen LogP contribution is 2.17. The lowest BCUT2D eigenvalue weighted by atomic mass is 9.96. The second-order valence-electron chi connectivity index (χ2n) is 6.99. The molecule has 0 aromatic heterocycles. The van der Waals surface area contributed by atoms with Gasteiger partial charge in [0.25, 0.3) is 0 Å². The SMILES string of the molecule is CCCOc1ccc(C#Cc2ccc(CC(C)CC(C)=O)cc2)c(C)c1. The fourth-order valence-corrected chi connectivity index (χ4v) is 2.92. The highest BCUT2D eigenvalue weighted by molar-refractivity contribution is 5.75. The maximum atomic E-state index is 11.2. The second-order valence-corrected chi connectivity index (χ2v) is 6.99. The monoisotopic (exact) mass is 348 g/mol. The Hall–Kier alpha value is -2.53. The van der Waals surface area contributed by atoms with Gasteiger partial charge in [-0.05, 0) is 74.1 Å². The van der Waals surface area contributed by atoms with Gasteiger partial charge >= 0.3 is 0 Å². The summed E-state index contributed by atoms with van der Waals surface area (Å²) < 4.78 is 5.65. The molecule has 26 heavy (non-hydrogen) atoms. The highest BCUT2D eigenvalue weighted by atomic mass is 16.5. The molecule has 1 unspecified atom stereocenters. The lowest BCUT2D eigenvalue weighted by Gasteiger charge is -2.09. The Labute approximate surface area is 157 Å². The molecule has 0 heterocycles. The van der Waals surface area contributed by atoms with E-state index < -0.39 is 0 Å². The van der Waals surface area contributed by atoms with Gasteiger partial charge in [0.15, 0.2) is 0 Å². The van der Waals surface area contributed by atoms with Crippen molar-refractivity contribution in [3.05, 3.63) is 64.7 Å². The van der Waals surface area contributed by atoms with E-state index in [2.05, 4.69) is 56.9 Å². The van der Waals surface area contributed by atoms with Crippen LogP contribution in [0.15, 0.2) is 42.5 Å². The number of rotatable bonds is 7. The van der Waals surface area contributed by atoms with Crippen LogP contribution in [0.3, 0.4) is 0 Å². The summed E-state index contributed by atoms with van der Waals surface area (Å²) in [6.07, 6.45) is 2.56. The Morgan fingerprint density at radius 2 is 1.85 bits per heavy atom. The van der Waals surface area contributed by atoms with Crippen LogP contribution in [0.25, 0.3) is 0 Å². The molecule has 2 heteroatoms. The van der Waals surface area contributed by atoms with Gasteiger partial charge in [0.1, 0.15) is 11.5 Å². The fourth-order valence-electron chi connectivity index (χ4n) is 2.92. The van der Waals surface area contributed by atoms with Crippen LogP contribution in [0.1, 0.15) is 55.9 Å². The van der Waals surface area contributed by atoms with Crippen molar-refractivity contribution in [1.29, 1.82) is 0 Å². The Morgan fingerprint density at radius 1 is 1.12 bits per heavy atom. The zero-order valence-electron chi connectivity index (χ0n) is 16.3. The molecule has 136 valence electrons. The Kier molecular flexibility index (Phi) is 7.48. The van der Waals surface area contributed by atoms with E-state index in [1.165, 1.54) is 5.56 Å². The summed E-state index contributed by atoms with van der Waals surface area (Å²) >= 11 is 0. The number of carbonyl (C=O) groups excluding carboxylic acids is 1. The van der Waals surface area contributed by atoms with Crippen molar-refractivity contribution < 1.29 is 9.53 Å². The smallest absolute Gasteiger partial charge is 0.130 e. The maximum absolute atomic E-state index is 11.2. The van der Waals surface area contributed by atoms with Crippen molar-refractivity contribution in [2.24, 2.45) is 5.92 Å². The first kappa shape index (κ1) is 19.8. The molecule has 0 aliphatic rings. The third-order valence-corrected chi connectivity index (χ3v) is 4.19. The average molecular weight is 348 g/mol. The molecule has 0 spiro atoms. The van der Waals surface area contributed by atoms with E-state index in [9.17, 15) is 4.79 Å². The summed E-state index contributed by atoms with van der Waals surface area (Å²) in [5.41, 5.74) is 4.39. The Bertz CT molecular complexity index is 791. The topological polar surface area (TPSA) is 26.3 Å². The zero-order valence-corrected chi connectivity index (χ0v) is 16.3. The average Bonchev–Trinajstić information content (AvgIpc) is 2.59. The van der Waals surface area contributed by atoms with Crippen LogP contribution >= 0.6 is 0 Å². The predicted molar refractivity (Wildman–Crippen MR) is 108 cm³/mol. The second kappa shape index (κ2) is 9.82. The number of ether oxygens (including phenoxy) is 1. The van der Waals surface area contributed by atoms with E-state index in [1.54, 1.807) is 6.92 Å². The van der Waals surface area contributed by atoms with Crippen LogP contribution in [0, 0.1) is 24.7 Å². The Morgan fingerprint density at radius 3 is 2.46 bits per heavy atom. The number of carbonyl (C=O) groups is 1. The molecule has 0 bridgehead atoms. The molecule has 2 aromatic carbocycles. The van der Waals surface area contributed by atoms with Crippen molar-refractivity contribution in [1.82, 2.24) is 0 Å². The van der Waals surface area contributed by atoms with E-state index >= 15 is 0 Å². The standard InChI is InChI=1S/C24H28O2/c1-5-14-26-24-13-12-23(19(3)17-24)11-10-21-6-8-22(9-7-21)16-18(2)15-20(4)25/h6-9,12-13,17-18H,5,14-16H2,1-4H3. The summed E-state index contributed by atoms with van der Waals surface area (Å²) in [5.74, 6) is 8.01. The van der Waals surface area contributed by atoms with Crippen LogP contribution in [-0.2, 0) is 11.2 Å². The normalized spacial score (nSPS) is 11.4. The van der Waals surface area contributed by atoms with Crippen LogP contribution < -0.4 is 4.74 Å². The minimum Gasteiger partial charge on any atom is -0.494 e. The van der Waals surface area contributed by atoms with E-state index in [1.807, 2.05) is 18.2 Å². The van der Waals surface area contributed by atoms with E-state index in [0.29, 0.717) is 12.3 Å². The Balaban J connectivity index is 2.02. The number of aryl methyl sites for hydroxylation is 1. The van der Waals surface area contributed by atoms with Crippen LogP contribution in [0.5, 0.6) is 5.75 Å². The van der Waals surface area contributed by atoms with Crippen molar-refractivity contribution in [2.75, 3.05) is 6.61 Å². The van der Waals surface area contributed by atoms with Crippen molar-refractivity contribution >= 4 is 5.78 Å². The van der Waals surface area contributed by atoms with Crippen LogP contribution in [-0.4, -0.2) is 12.4 Å². The molecule has 0 amide bonds. The molecular formula is C24H28O2. The molecule has 0 saturated carbocycles. The van der Waals surface area contributed by atoms with Crippen LogP contribution in [0.2, 0.25) is 0 Å². The van der Waals surface area contributed by atoms with E-state index in [4.69, 9.17) is 4.74 Å². The summed E-state index contributed by atoms with van der Waals surface area (Å²) in [6.45, 7) is 8.66. The molecule has 1 atom stereocenters. The summed E-state index contributed by atoms with van der Waals surface area (Å²) in [6, 6.07) is 14.4. The molecular weight excluding hydrogens is 320 g/mol. The van der Waals surface area contributed by atoms with E-state index in [-0.39, 0.29) is 5.78 Å². The molecule has 2 rings (SSSR count). The number of benzene rings is 2. The number of hydrogen-bond acceptors (Lipinski definition) is 2. The third-order valence-electron chi connectivity index (χ3n) is 4.19. The van der Waals surface area contributed by atoms with Gasteiger partial charge in [-0.2, -0.15) is 0 Å². The highest BCUT2D eigenvalue weighted by Gasteiger charge is 2.06. The van der Waals surface area contributed by atoms with Gasteiger partial charge in [-0.25, -0.2) is 0 Å². The van der Waals surface area contributed by atoms with Crippen molar-refractivity contribution in [2.45, 2.75) is 47.0 Å². The first-order chi connectivity index (χ1) is 12.5. The molecule has 0 fully saturated rings. The lowest BCUT2D eigenvalue weighted by molar-refractivity contribution is -0.117. The molecule has 2 aromatic rings. The fraction of sp³-hybridized carbons (Fsp3) is 0.375. The third kappa shape index (κ3) is 6.41. The zero-order chi connectivity index (χ0) is 18.9. The largest absolute Gasteiger partial charge is 0.494 e. The number of hydrogen-bond donors (Lipinski definition) is 0. The van der Waals surface area contributed by atoms with Gasteiger partial charge < -0.3 is 9.53 Å². The lowest BCUT2D eigenvalue weighted by Crippen LogP contribution is -2.04. The van der Waals surface area contributed by atoms with Gasteiger partial charge in [-0.1, -0.05) is 37.8 Å². The number of Topliss-reactive ketones (excluding diaryl/α,β-unsaturated/α-hetero) is 1. The molecule has 0 radical (unpaired) electrons. The molecule has 0 aliphatic heterocycles. The number of ketones is 1. The minimum absolute atomic E-state index is 0.251. The van der Waals surface area contributed by atoms with Gasteiger partial charge in [0.2, 0.25) is 0 Å². The van der Waals surface area contributed by atoms with E-state index in [0.717, 1.165) is 41.9 Å². The molecule has 0 saturated heterocycles. The molecule has 0 aliphatic carbocycles. The maximum Gasteiger partial charge on any atom is 0.130 e. The predicted octanol–water partition coefficient (Wildman–Crippen LogP) is 5.34. The minimum atomic E-state index is 0.251. The van der Waals surface area contributed by atoms with Gasteiger partial charge in [-0.3, -0.25) is 0 Å². The van der Waals surface area contributed by atoms with Gasteiger partial charge in [-0.15, -0.1) is 0 Å². The first-order valence-corrected chi connectivity index (χ1v) is 9.31. The molecule has 0 N–H and O–H groups in total. The first-order valence-electron chi connectivity index (χ1n) is 9.31. The summed E-state index contributed by atoms with van der Waals surface area (Å²) in [7, 11) is 0. The van der Waals surface area contributed by atoms with Gasteiger partial charge in [0, 0.05) is 17.5 Å². The van der Waals surface area contributed by atoms with Crippen molar-refractivity contribution in [3.63, 3.8) is 0 Å². The summed E-state index contributed by atoms with van der Waals surface area (Å²) in [4.78, 5) is 11.2. The van der Waals surface area contributed by atoms with Crippen LogP contribution in [0.4, 0.5) is 0 Å².